The van der Waals surface area contributed by atoms with Crippen LogP contribution >= 0.6 is 0 Å². The van der Waals surface area contributed by atoms with Crippen LogP contribution < -0.4 is 15.6 Å². The van der Waals surface area contributed by atoms with Crippen molar-refractivity contribution in [2.75, 3.05) is 25.0 Å². The fourth-order valence-corrected chi connectivity index (χ4v) is 4.59. The van der Waals surface area contributed by atoms with Crippen LogP contribution in [0.15, 0.2) is 70.1 Å². The van der Waals surface area contributed by atoms with Crippen LogP contribution in [0.25, 0.3) is 0 Å². The second-order valence-electron chi connectivity index (χ2n) is 8.22. The van der Waals surface area contributed by atoms with Crippen molar-refractivity contribution in [3.8, 4) is 5.75 Å². The number of para-hydroxylation sites is 1. The first-order valence-electron chi connectivity index (χ1n) is 10.6. The standard InChI is InChI=1S/C24H23N3O5/c28-22(15-32-18-5-2-1-3-6-18)26-12-16-11-17(14-26)20-9-8-19(24(30)27(20)13-16)25-23(29)21-7-4-10-31-21/h1-10,16-17H,11-15H2,(H,25,29). The summed E-state index contributed by atoms with van der Waals surface area (Å²) in [5, 5.41) is 2.64. The van der Waals surface area contributed by atoms with Crippen molar-refractivity contribution in [2.45, 2.75) is 18.9 Å². The summed E-state index contributed by atoms with van der Waals surface area (Å²) < 4.78 is 12.5. The predicted molar refractivity (Wildman–Crippen MR) is 117 cm³/mol. The summed E-state index contributed by atoms with van der Waals surface area (Å²) in [4.78, 5) is 39.9. The maximum absolute atomic E-state index is 13.0. The number of likely N-dealkylation sites (tertiary alicyclic amines) is 1. The first kappa shape index (κ1) is 20.1. The molecular weight excluding hydrogens is 410 g/mol. The Morgan fingerprint density at radius 1 is 1.03 bits per heavy atom. The second kappa shape index (κ2) is 8.37. The van der Waals surface area contributed by atoms with Crippen molar-refractivity contribution in [1.82, 2.24) is 9.47 Å². The van der Waals surface area contributed by atoms with Gasteiger partial charge in [-0.25, -0.2) is 0 Å². The highest BCUT2D eigenvalue weighted by Crippen LogP contribution is 2.35. The fraction of sp³-hybridized carbons (Fsp3) is 0.292. The van der Waals surface area contributed by atoms with Gasteiger partial charge in [-0.15, -0.1) is 0 Å². The molecule has 3 aromatic rings. The Kier molecular flexibility index (Phi) is 5.26. The van der Waals surface area contributed by atoms with Crippen molar-refractivity contribution in [2.24, 2.45) is 5.92 Å². The lowest BCUT2D eigenvalue weighted by Gasteiger charge is -2.42. The minimum Gasteiger partial charge on any atom is -0.484 e. The van der Waals surface area contributed by atoms with Gasteiger partial charge in [0.2, 0.25) is 0 Å². The molecule has 2 bridgehead atoms. The van der Waals surface area contributed by atoms with E-state index >= 15 is 0 Å². The molecule has 8 heteroatoms. The van der Waals surface area contributed by atoms with Gasteiger partial charge in [0.1, 0.15) is 11.4 Å². The van der Waals surface area contributed by atoms with E-state index in [4.69, 9.17) is 9.15 Å². The average Bonchev–Trinajstić information content (AvgIpc) is 3.35. The third kappa shape index (κ3) is 3.91. The first-order valence-corrected chi connectivity index (χ1v) is 10.6. The summed E-state index contributed by atoms with van der Waals surface area (Å²) in [7, 11) is 0. The summed E-state index contributed by atoms with van der Waals surface area (Å²) in [5.74, 6) is 0.553. The molecule has 2 aliphatic rings. The Morgan fingerprint density at radius 3 is 2.66 bits per heavy atom. The van der Waals surface area contributed by atoms with Gasteiger partial charge in [-0.05, 0) is 48.7 Å². The highest BCUT2D eigenvalue weighted by molar-refractivity contribution is 6.02. The van der Waals surface area contributed by atoms with Crippen LogP contribution in [0.3, 0.4) is 0 Å². The van der Waals surface area contributed by atoms with E-state index in [1.807, 2.05) is 41.3 Å². The fourth-order valence-electron chi connectivity index (χ4n) is 4.59. The molecule has 1 N–H and O–H groups in total. The maximum atomic E-state index is 13.0. The SMILES string of the molecule is O=C(Nc1ccc2n(c1=O)CC1CC2CN(C(=O)COc2ccccc2)C1)c1ccco1. The Bertz CT molecular complexity index is 1190. The first-order chi connectivity index (χ1) is 15.6. The monoisotopic (exact) mass is 433 g/mol. The molecule has 5 rings (SSSR count). The lowest BCUT2D eigenvalue weighted by Crippen LogP contribution is -2.50. The molecule has 2 aliphatic heterocycles. The number of carbonyl (C=O) groups excluding carboxylic acids is 2. The number of furan rings is 1. The third-order valence-electron chi connectivity index (χ3n) is 6.06. The summed E-state index contributed by atoms with van der Waals surface area (Å²) >= 11 is 0. The van der Waals surface area contributed by atoms with E-state index < -0.39 is 5.91 Å². The van der Waals surface area contributed by atoms with Gasteiger partial charge < -0.3 is 23.9 Å². The number of anilines is 1. The molecule has 1 saturated heterocycles. The van der Waals surface area contributed by atoms with E-state index in [-0.39, 0.29) is 41.4 Å². The number of fused-ring (bicyclic) bond motifs is 4. The quantitative estimate of drug-likeness (QED) is 0.668. The van der Waals surface area contributed by atoms with Gasteiger partial charge in [0, 0.05) is 31.2 Å². The molecule has 4 heterocycles. The molecule has 2 amide bonds. The summed E-state index contributed by atoms with van der Waals surface area (Å²) in [6.07, 6.45) is 2.34. The van der Waals surface area contributed by atoms with E-state index in [1.165, 1.54) is 6.26 Å². The van der Waals surface area contributed by atoms with Crippen LogP contribution in [0.5, 0.6) is 5.75 Å². The number of benzene rings is 1. The molecular formula is C24H23N3O5. The zero-order chi connectivity index (χ0) is 22.1. The van der Waals surface area contributed by atoms with Gasteiger partial charge in [-0.1, -0.05) is 18.2 Å². The molecule has 0 spiro atoms. The molecule has 32 heavy (non-hydrogen) atoms. The Balaban J connectivity index is 1.29. The number of carbonyl (C=O) groups is 2. The number of nitrogens with zero attached hydrogens (tertiary/aromatic N) is 2. The Hall–Kier alpha value is -3.81. The van der Waals surface area contributed by atoms with Crippen LogP contribution in [-0.4, -0.2) is 41.0 Å². The van der Waals surface area contributed by atoms with Gasteiger partial charge in [0.05, 0.1) is 6.26 Å². The Morgan fingerprint density at radius 2 is 1.88 bits per heavy atom. The minimum atomic E-state index is -0.459. The van der Waals surface area contributed by atoms with Crippen LogP contribution in [-0.2, 0) is 11.3 Å². The lowest BCUT2D eigenvalue weighted by atomic mass is 9.83. The van der Waals surface area contributed by atoms with Gasteiger partial charge in [-0.3, -0.25) is 14.4 Å². The normalized spacial score (nSPS) is 19.2. The number of amides is 2. The van der Waals surface area contributed by atoms with Crippen LogP contribution in [0, 0.1) is 5.92 Å². The van der Waals surface area contributed by atoms with Crippen molar-refractivity contribution in [3.05, 3.63) is 82.7 Å². The van der Waals surface area contributed by atoms with Crippen molar-refractivity contribution >= 4 is 17.5 Å². The van der Waals surface area contributed by atoms with E-state index in [0.29, 0.717) is 25.4 Å². The summed E-state index contributed by atoms with van der Waals surface area (Å²) in [5.41, 5.74) is 0.882. The van der Waals surface area contributed by atoms with Gasteiger partial charge in [0.25, 0.3) is 17.4 Å². The molecule has 2 unspecified atom stereocenters. The smallest absolute Gasteiger partial charge is 0.291 e. The number of pyridine rings is 1. The zero-order valence-corrected chi connectivity index (χ0v) is 17.4. The zero-order valence-electron chi connectivity index (χ0n) is 17.4. The number of nitrogens with one attached hydrogen (secondary N) is 1. The van der Waals surface area contributed by atoms with Crippen LogP contribution in [0.1, 0.15) is 28.6 Å². The molecule has 0 aliphatic carbocycles. The van der Waals surface area contributed by atoms with Crippen molar-refractivity contribution in [1.29, 1.82) is 0 Å². The van der Waals surface area contributed by atoms with Gasteiger partial charge in [-0.2, -0.15) is 0 Å². The van der Waals surface area contributed by atoms with Crippen LogP contribution in [0.4, 0.5) is 5.69 Å². The van der Waals surface area contributed by atoms with Crippen molar-refractivity contribution < 1.29 is 18.7 Å². The number of aromatic nitrogens is 1. The summed E-state index contributed by atoms with van der Waals surface area (Å²) in [6, 6.07) is 15.9. The predicted octanol–water partition coefficient (Wildman–Crippen LogP) is 2.72. The molecule has 8 nitrogen and oxygen atoms in total. The molecule has 1 aromatic carbocycles. The van der Waals surface area contributed by atoms with E-state index in [1.54, 1.807) is 22.8 Å². The molecule has 1 fully saturated rings. The molecule has 2 atom stereocenters. The minimum absolute atomic E-state index is 0.00594. The molecule has 2 aromatic heterocycles. The highest BCUT2D eigenvalue weighted by Gasteiger charge is 2.36. The van der Waals surface area contributed by atoms with E-state index in [0.717, 1.165) is 12.1 Å². The number of rotatable bonds is 5. The summed E-state index contributed by atoms with van der Waals surface area (Å²) in [6.45, 7) is 1.64. The maximum Gasteiger partial charge on any atom is 0.291 e. The van der Waals surface area contributed by atoms with Crippen molar-refractivity contribution in [3.63, 3.8) is 0 Å². The second-order valence-corrected chi connectivity index (χ2v) is 8.22. The lowest BCUT2D eigenvalue weighted by molar-refractivity contribution is -0.136. The van der Waals surface area contributed by atoms with Crippen LogP contribution in [0.2, 0.25) is 0 Å². The van der Waals surface area contributed by atoms with E-state index in [2.05, 4.69) is 5.32 Å². The average molecular weight is 433 g/mol. The van der Waals surface area contributed by atoms with E-state index in [9.17, 15) is 14.4 Å². The van der Waals surface area contributed by atoms with Gasteiger partial charge >= 0.3 is 0 Å². The number of ether oxygens (including phenoxy) is 1. The molecule has 0 radical (unpaired) electrons. The Labute approximate surface area is 184 Å². The number of hydrogen-bond donors (Lipinski definition) is 1. The topological polar surface area (TPSA) is 93.8 Å². The largest absolute Gasteiger partial charge is 0.484 e. The third-order valence-corrected chi connectivity index (χ3v) is 6.06. The molecule has 164 valence electrons. The number of piperidine rings is 1. The highest BCUT2D eigenvalue weighted by atomic mass is 16.5. The van der Waals surface area contributed by atoms with Gasteiger partial charge in [0.15, 0.2) is 12.4 Å². The number of hydrogen-bond acceptors (Lipinski definition) is 5. The molecule has 0 saturated carbocycles.